The van der Waals surface area contributed by atoms with E-state index in [1.165, 1.54) is 0 Å². The third-order valence-corrected chi connectivity index (χ3v) is 6.43. The zero-order valence-corrected chi connectivity index (χ0v) is 21.3. The highest BCUT2D eigenvalue weighted by Gasteiger charge is 2.21. The second-order valence-corrected chi connectivity index (χ2v) is 9.22. The van der Waals surface area contributed by atoms with Crippen molar-refractivity contribution in [2.24, 2.45) is 0 Å². The number of hydrogen-bond donors (Lipinski definition) is 2. The van der Waals surface area contributed by atoms with Gasteiger partial charge < -0.3 is 19.5 Å². The molecule has 1 aliphatic rings. The van der Waals surface area contributed by atoms with E-state index in [0.29, 0.717) is 54.1 Å². The van der Waals surface area contributed by atoms with Crippen LogP contribution in [0.15, 0.2) is 59.0 Å². The summed E-state index contributed by atoms with van der Waals surface area (Å²) in [5, 5.41) is 6.88. The third kappa shape index (κ3) is 6.14. The van der Waals surface area contributed by atoms with Crippen LogP contribution in [-0.2, 0) is 4.79 Å². The summed E-state index contributed by atoms with van der Waals surface area (Å²) in [6.45, 7) is 4.65. The van der Waals surface area contributed by atoms with Gasteiger partial charge in [-0.2, -0.15) is 0 Å². The lowest BCUT2D eigenvalue weighted by Gasteiger charge is -2.36. The van der Waals surface area contributed by atoms with E-state index in [1.54, 1.807) is 30.3 Å². The second-order valence-electron chi connectivity index (χ2n) is 7.97. The van der Waals surface area contributed by atoms with E-state index >= 15 is 0 Å². The fraction of sp³-hybridized carbons (Fsp3) is 0.240. The molecule has 1 aromatic heterocycles. The minimum Gasteiger partial charge on any atom is -0.451 e. The number of anilines is 2. The van der Waals surface area contributed by atoms with E-state index in [2.05, 4.69) is 15.5 Å². The number of amides is 2. The maximum atomic E-state index is 12.6. The van der Waals surface area contributed by atoms with Crippen LogP contribution in [0.5, 0.6) is 0 Å². The molecule has 0 spiro atoms. The smallest absolute Gasteiger partial charge is 0.293 e. The van der Waals surface area contributed by atoms with Crippen molar-refractivity contribution >= 4 is 63.7 Å². The number of halogens is 2. The minimum absolute atomic E-state index is 0.120. The van der Waals surface area contributed by atoms with Gasteiger partial charge in [-0.3, -0.25) is 14.9 Å². The summed E-state index contributed by atoms with van der Waals surface area (Å²) in [5.41, 5.74) is 2.34. The van der Waals surface area contributed by atoms with Gasteiger partial charge >= 0.3 is 0 Å². The zero-order valence-electron chi connectivity index (χ0n) is 19.0. The molecular weight excluding hydrogens is 507 g/mol. The van der Waals surface area contributed by atoms with Crippen LogP contribution in [0.2, 0.25) is 10.0 Å². The minimum atomic E-state index is -0.468. The fourth-order valence-corrected chi connectivity index (χ4v) is 4.45. The van der Waals surface area contributed by atoms with Gasteiger partial charge in [0.2, 0.25) is 5.91 Å². The average Bonchev–Trinajstić information content (AvgIpc) is 3.35. The number of carbonyl (C=O) groups excluding carboxylic acids is 2. The predicted octanol–water partition coefficient (Wildman–Crippen LogP) is 5.44. The van der Waals surface area contributed by atoms with Gasteiger partial charge in [-0.15, -0.1) is 0 Å². The van der Waals surface area contributed by atoms with Crippen molar-refractivity contribution in [1.29, 1.82) is 0 Å². The topological polar surface area (TPSA) is 77.8 Å². The Morgan fingerprint density at radius 1 is 1.00 bits per heavy atom. The molecule has 2 aromatic carbocycles. The quantitative estimate of drug-likeness (QED) is 0.427. The fourth-order valence-electron chi connectivity index (χ4n) is 3.82. The SMILES string of the molecule is CCC(=O)N1CCN(c2ccc(NC(=S)NC(=O)c3ccc(-c4ccc(Cl)cc4)o3)cc2Cl)CC1. The lowest BCUT2D eigenvalue weighted by Crippen LogP contribution is -2.48. The van der Waals surface area contributed by atoms with Gasteiger partial charge in [-0.25, -0.2) is 0 Å². The highest BCUT2D eigenvalue weighted by atomic mass is 35.5. The van der Waals surface area contributed by atoms with Crippen molar-refractivity contribution in [2.45, 2.75) is 13.3 Å². The molecule has 1 fully saturated rings. The van der Waals surface area contributed by atoms with E-state index in [9.17, 15) is 9.59 Å². The molecule has 0 saturated carbocycles. The second kappa shape index (κ2) is 11.1. The van der Waals surface area contributed by atoms with Crippen LogP contribution in [-0.4, -0.2) is 48.0 Å². The van der Waals surface area contributed by atoms with Gasteiger partial charge in [-0.05, 0) is 66.8 Å². The molecule has 3 aromatic rings. The molecule has 35 heavy (non-hydrogen) atoms. The summed E-state index contributed by atoms with van der Waals surface area (Å²) in [6, 6.07) is 15.9. The summed E-state index contributed by atoms with van der Waals surface area (Å²) in [5.74, 6) is 0.382. The van der Waals surface area contributed by atoms with E-state index in [4.69, 9.17) is 39.8 Å². The van der Waals surface area contributed by atoms with Crippen LogP contribution in [0.25, 0.3) is 11.3 Å². The van der Waals surface area contributed by atoms with Crippen molar-refractivity contribution in [3.05, 3.63) is 70.4 Å². The molecular formula is C25H24Cl2N4O3S. The summed E-state index contributed by atoms with van der Waals surface area (Å²) in [7, 11) is 0. The Balaban J connectivity index is 1.33. The Morgan fingerprint density at radius 2 is 1.71 bits per heavy atom. The number of rotatable bonds is 5. The normalized spacial score (nSPS) is 13.5. The van der Waals surface area contributed by atoms with Crippen LogP contribution >= 0.6 is 35.4 Å². The molecule has 0 atom stereocenters. The molecule has 0 aliphatic carbocycles. The molecule has 2 amide bonds. The molecule has 7 nitrogen and oxygen atoms in total. The van der Waals surface area contributed by atoms with Crippen LogP contribution in [0.4, 0.5) is 11.4 Å². The number of nitrogens with zero attached hydrogens (tertiary/aromatic N) is 2. The number of piperazine rings is 1. The molecule has 10 heteroatoms. The van der Waals surface area contributed by atoms with Crippen molar-refractivity contribution in [3.63, 3.8) is 0 Å². The van der Waals surface area contributed by atoms with Gasteiger partial charge in [0.1, 0.15) is 5.76 Å². The maximum absolute atomic E-state index is 12.6. The van der Waals surface area contributed by atoms with E-state index in [-0.39, 0.29) is 16.8 Å². The molecule has 0 unspecified atom stereocenters. The summed E-state index contributed by atoms with van der Waals surface area (Å²) >= 11 is 17.7. The predicted molar refractivity (Wildman–Crippen MR) is 143 cm³/mol. The number of hydrogen-bond acceptors (Lipinski definition) is 5. The number of benzene rings is 2. The van der Waals surface area contributed by atoms with Crippen molar-refractivity contribution in [2.75, 3.05) is 36.4 Å². The lowest BCUT2D eigenvalue weighted by molar-refractivity contribution is -0.131. The summed E-state index contributed by atoms with van der Waals surface area (Å²) in [4.78, 5) is 28.5. The molecule has 1 saturated heterocycles. The first kappa shape index (κ1) is 25.0. The zero-order chi connectivity index (χ0) is 24.9. The van der Waals surface area contributed by atoms with Gasteiger partial charge in [0.15, 0.2) is 10.9 Å². The highest BCUT2D eigenvalue weighted by molar-refractivity contribution is 7.80. The van der Waals surface area contributed by atoms with E-state index in [1.807, 2.05) is 36.1 Å². The monoisotopic (exact) mass is 530 g/mol. The largest absolute Gasteiger partial charge is 0.451 e. The van der Waals surface area contributed by atoms with Crippen LogP contribution in [0, 0.1) is 0 Å². The van der Waals surface area contributed by atoms with Gasteiger partial charge in [0.05, 0.1) is 10.7 Å². The third-order valence-electron chi connectivity index (χ3n) is 5.67. The Morgan fingerprint density at radius 3 is 2.37 bits per heavy atom. The summed E-state index contributed by atoms with van der Waals surface area (Å²) < 4.78 is 5.66. The number of furan rings is 1. The van der Waals surface area contributed by atoms with E-state index < -0.39 is 5.91 Å². The molecule has 2 N–H and O–H groups in total. The van der Waals surface area contributed by atoms with Gasteiger partial charge in [0.25, 0.3) is 5.91 Å². The number of thiocarbonyl (C=S) groups is 1. The van der Waals surface area contributed by atoms with Gasteiger partial charge in [0, 0.05) is 48.9 Å². The summed E-state index contributed by atoms with van der Waals surface area (Å²) in [6.07, 6.45) is 0.515. The maximum Gasteiger partial charge on any atom is 0.293 e. The van der Waals surface area contributed by atoms with Crippen molar-refractivity contribution in [3.8, 4) is 11.3 Å². The van der Waals surface area contributed by atoms with Crippen molar-refractivity contribution < 1.29 is 14.0 Å². The standard InChI is InChI=1S/C25H24Cl2N4O3S/c1-2-23(32)31-13-11-30(12-14-31)20-8-7-18(15-19(20)27)28-25(35)29-24(33)22-10-9-21(34-22)16-3-5-17(26)6-4-16/h3-10,15H,2,11-14H2,1H3,(H2,28,29,33,35). The van der Waals surface area contributed by atoms with Gasteiger partial charge in [-0.1, -0.05) is 30.1 Å². The average molecular weight is 531 g/mol. The molecule has 4 rings (SSSR count). The highest BCUT2D eigenvalue weighted by Crippen LogP contribution is 2.30. The molecule has 2 heterocycles. The molecule has 182 valence electrons. The van der Waals surface area contributed by atoms with Crippen molar-refractivity contribution in [1.82, 2.24) is 10.2 Å². The Kier molecular flexibility index (Phi) is 7.95. The first-order valence-corrected chi connectivity index (χ1v) is 12.3. The Bertz CT molecular complexity index is 1240. The molecule has 0 radical (unpaired) electrons. The van der Waals surface area contributed by atoms with Crippen LogP contribution < -0.4 is 15.5 Å². The first-order valence-electron chi connectivity index (χ1n) is 11.1. The number of nitrogens with one attached hydrogen (secondary N) is 2. The Labute approximate surface area is 219 Å². The van der Waals surface area contributed by atoms with Crippen LogP contribution in [0.1, 0.15) is 23.9 Å². The Hall–Kier alpha value is -3.07. The van der Waals surface area contributed by atoms with Crippen LogP contribution in [0.3, 0.4) is 0 Å². The lowest BCUT2D eigenvalue weighted by atomic mass is 10.2. The number of carbonyl (C=O) groups is 2. The molecule has 1 aliphatic heterocycles. The first-order chi connectivity index (χ1) is 16.8. The van der Waals surface area contributed by atoms with E-state index in [0.717, 1.165) is 11.3 Å². The molecule has 0 bridgehead atoms.